The number of aliphatic hydroxyl groups is 1. The summed E-state index contributed by atoms with van der Waals surface area (Å²) in [5, 5.41) is 17.6. The Hall–Kier alpha value is -2.07. The van der Waals surface area contributed by atoms with Crippen LogP contribution in [-0.4, -0.2) is 98.0 Å². The van der Waals surface area contributed by atoms with Crippen molar-refractivity contribution >= 4 is 6.47 Å². The molecule has 4 atom stereocenters. The van der Waals surface area contributed by atoms with Crippen molar-refractivity contribution in [2.45, 2.75) is 25.0 Å². The van der Waals surface area contributed by atoms with Gasteiger partial charge in [0, 0.05) is 45.3 Å². The highest BCUT2D eigenvalue weighted by Gasteiger charge is 2.42. The molecular formula is C22H32N2O7. The fourth-order valence-electron chi connectivity index (χ4n) is 5.03. The van der Waals surface area contributed by atoms with E-state index in [0.717, 1.165) is 82.6 Å². The van der Waals surface area contributed by atoms with Gasteiger partial charge in [0.15, 0.2) is 11.5 Å². The summed E-state index contributed by atoms with van der Waals surface area (Å²) in [6.07, 6.45) is 1.18. The maximum absolute atomic E-state index is 10.7. The van der Waals surface area contributed by atoms with Gasteiger partial charge in [0.1, 0.15) is 11.9 Å². The van der Waals surface area contributed by atoms with E-state index in [9.17, 15) is 5.11 Å². The lowest BCUT2D eigenvalue weighted by Crippen LogP contribution is -2.42. The first-order valence-corrected chi connectivity index (χ1v) is 11.0. The summed E-state index contributed by atoms with van der Waals surface area (Å²) in [6.45, 7) is 8.25. The molecule has 0 bridgehead atoms. The third-order valence-corrected chi connectivity index (χ3v) is 6.63. The molecular weight excluding hydrogens is 404 g/mol. The number of benzene rings is 1. The SMILES string of the molecule is O=CO.O[C@@H]1C[C@H]2CN(CCN3CCOCC3)C[C@H]2C[C@H]1Oc1ccc2c(c1)OCO2. The zero-order valence-corrected chi connectivity index (χ0v) is 17.7. The molecule has 0 spiro atoms. The number of rotatable bonds is 5. The van der Waals surface area contributed by atoms with E-state index in [1.165, 1.54) is 0 Å². The van der Waals surface area contributed by atoms with Crippen molar-refractivity contribution in [3.05, 3.63) is 18.2 Å². The Kier molecular flexibility index (Phi) is 7.49. The van der Waals surface area contributed by atoms with Crippen LogP contribution in [-0.2, 0) is 9.53 Å². The molecule has 2 saturated heterocycles. The molecule has 1 saturated carbocycles. The number of ether oxygens (including phenoxy) is 4. The topological polar surface area (TPSA) is 101 Å². The van der Waals surface area contributed by atoms with Crippen molar-refractivity contribution in [3.63, 3.8) is 0 Å². The molecule has 9 heteroatoms. The molecule has 4 aliphatic rings. The lowest BCUT2D eigenvalue weighted by atomic mass is 9.78. The Balaban J connectivity index is 0.000000730. The van der Waals surface area contributed by atoms with Gasteiger partial charge >= 0.3 is 0 Å². The number of nitrogens with zero attached hydrogens (tertiary/aromatic N) is 2. The van der Waals surface area contributed by atoms with Crippen LogP contribution in [0.5, 0.6) is 17.2 Å². The Morgan fingerprint density at radius 1 is 1.03 bits per heavy atom. The van der Waals surface area contributed by atoms with Crippen LogP contribution in [0.3, 0.4) is 0 Å². The van der Waals surface area contributed by atoms with Gasteiger partial charge in [-0.15, -0.1) is 0 Å². The molecule has 3 heterocycles. The first-order chi connectivity index (χ1) is 15.2. The van der Waals surface area contributed by atoms with Gasteiger partial charge in [-0.3, -0.25) is 9.69 Å². The van der Waals surface area contributed by atoms with Crippen molar-refractivity contribution in [1.82, 2.24) is 9.80 Å². The van der Waals surface area contributed by atoms with E-state index in [1.807, 2.05) is 18.2 Å². The van der Waals surface area contributed by atoms with Gasteiger partial charge < -0.3 is 34.1 Å². The molecule has 172 valence electrons. The van der Waals surface area contributed by atoms with Gasteiger partial charge in [-0.2, -0.15) is 0 Å². The zero-order valence-electron chi connectivity index (χ0n) is 17.7. The van der Waals surface area contributed by atoms with Gasteiger partial charge in [-0.1, -0.05) is 0 Å². The monoisotopic (exact) mass is 436 g/mol. The van der Waals surface area contributed by atoms with Crippen LogP contribution in [0.1, 0.15) is 12.8 Å². The average Bonchev–Trinajstić information content (AvgIpc) is 3.40. The Bertz CT molecular complexity index is 728. The molecule has 0 radical (unpaired) electrons. The molecule has 1 aromatic carbocycles. The van der Waals surface area contributed by atoms with Gasteiger partial charge in [0.05, 0.1) is 19.3 Å². The van der Waals surface area contributed by atoms with Crippen LogP contribution in [0.15, 0.2) is 18.2 Å². The first kappa shape index (κ1) is 22.1. The number of carbonyl (C=O) groups is 1. The standard InChI is InChI=1S/C21H30N2O5.CH2O2/c24-18-9-15-12-23(4-3-22-5-7-25-8-6-22)13-16(15)10-20(18)28-17-1-2-19-21(11-17)27-14-26-19;2-1-3/h1-2,11,15-16,18,20,24H,3-10,12-14H2;1H,(H,2,3)/t15-,16+,18+,20+;/m0./s1. The van der Waals surface area contributed by atoms with Crippen molar-refractivity contribution < 1.29 is 34.0 Å². The second-order valence-corrected chi connectivity index (χ2v) is 8.55. The average molecular weight is 437 g/mol. The number of carboxylic acid groups (broad SMARTS) is 1. The lowest BCUT2D eigenvalue weighted by molar-refractivity contribution is -0.122. The number of aliphatic hydroxyl groups excluding tert-OH is 1. The van der Waals surface area contributed by atoms with E-state index >= 15 is 0 Å². The van der Waals surface area contributed by atoms with Crippen LogP contribution in [0, 0.1) is 11.8 Å². The van der Waals surface area contributed by atoms with E-state index in [0.29, 0.717) is 11.8 Å². The second-order valence-electron chi connectivity index (χ2n) is 8.55. The smallest absolute Gasteiger partial charge is 0.290 e. The van der Waals surface area contributed by atoms with Crippen LogP contribution >= 0.6 is 0 Å². The summed E-state index contributed by atoms with van der Waals surface area (Å²) in [7, 11) is 0. The summed E-state index contributed by atoms with van der Waals surface area (Å²) >= 11 is 0. The number of likely N-dealkylation sites (tertiary alicyclic amines) is 1. The molecule has 31 heavy (non-hydrogen) atoms. The molecule has 0 unspecified atom stereocenters. The molecule has 0 amide bonds. The van der Waals surface area contributed by atoms with E-state index in [1.54, 1.807) is 0 Å². The molecule has 3 fully saturated rings. The van der Waals surface area contributed by atoms with Crippen molar-refractivity contribution in [2.24, 2.45) is 11.8 Å². The van der Waals surface area contributed by atoms with E-state index in [4.69, 9.17) is 28.8 Å². The van der Waals surface area contributed by atoms with E-state index < -0.39 is 6.10 Å². The Labute approximate surface area is 182 Å². The largest absolute Gasteiger partial charge is 0.488 e. The van der Waals surface area contributed by atoms with Gasteiger partial charge in [-0.25, -0.2) is 0 Å². The Morgan fingerprint density at radius 3 is 2.48 bits per heavy atom. The predicted molar refractivity (Wildman–Crippen MR) is 112 cm³/mol. The number of morpholine rings is 1. The minimum atomic E-state index is -0.411. The van der Waals surface area contributed by atoms with Crippen LogP contribution < -0.4 is 14.2 Å². The third-order valence-electron chi connectivity index (χ3n) is 6.63. The normalized spacial score (nSPS) is 30.2. The molecule has 9 nitrogen and oxygen atoms in total. The quantitative estimate of drug-likeness (QED) is 0.652. The maximum atomic E-state index is 10.7. The predicted octanol–water partition coefficient (Wildman–Crippen LogP) is 0.898. The summed E-state index contributed by atoms with van der Waals surface area (Å²) < 4.78 is 22.4. The second kappa shape index (κ2) is 10.5. The highest BCUT2D eigenvalue weighted by atomic mass is 16.7. The number of hydrogen-bond donors (Lipinski definition) is 2. The van der Waals surface area contributed by atoms with Crippen LogP contribution in [0.4, 0.5) is 0 Å². The molecule has 3 aliphatic heterocycles. The van der Waals surface area contributed by atoms with Crippen LogP contribution in [0.25, 0.3) is 0 Å². The number of fused-ring (bicyclic) bond motifs is 2. The molecule has 1 aliphatic carbocycles. The minimum absolute atomic E-state index is 0.152. The van der Waals surface area contributed by atoms with Gasteiger partial charge in [0.25, 0.3) is 6.47 Å². The molecule has 1 aromatic rings. The third kappa shape index (κ3) is 5.60. The Morgan fingerprint density at radius 2 is 1.71 bits per heavy atom. The maximum Gasteiger partial charge on any atom is 0.290 e. The van der Waals surface area contributed by atoms with Crippen molar-refractivity contribution in [1.29, 1.82) is 0 Å². The summed E-state index contributed by atoms with van der Waals surface area (Å²) in [4.78, 5) is 13.4. The minimum Gasteiger partial charge on any atom is -0.488 e. The first-order valence-electron chi connectivity index (χ1n) is 11.0. The summed E-state index contributed by atoms with van der Waals surface area (Å²) in [5.74, 6) is 3.40. The fourth-order valence-corrected chi connectivity index (χ4v) is 5.03. The van der Waals surface area contributed by atoms with E-state index in [2.05, 4.69) is 9.80 Å². The summed E-state index contributed by atoms with van der Waals surface area (Å²) in [5.41, 5.74) is 0. The van der Waals surface area contributed by atoms with E-state index in [-0.39, 0.29) is 19.4 Å². The van der Waals surface area contributed by atoms with Crippen molar-refractivity contribution in [3.8, 4) is 17.2 Å². The number of hydrogen-bond acceptors (Lipinski definition) is 8. The van der Waals surface area contributed by atoms with Crippen molar-refractivity contribution in [2.75, 3.05) is 59.3 Å². The summed E-state index contributed by atoms with van der Waals surface area (Å²) in [6, 6.07) is 5.64. The molecule has 5 rings (SSSR count). The lowest BCUT2D eigenvalue weighted by Gasteiger charge is -2.35. The highest BCUT2D eigenvalue weighted by Crippen LogP contribution is 2.40. The van der Waals surface area contributed by atoms with Gasteiger partial charge in [-0.05, 0) is 36.8 Å². The molecule has 2 N–H and O–H groups in total. The molecule has 0 aromatic heterocycles. The van der Waals surface area contributed by atoms with Crippen LogP contribution in [0.2, 0.25) is 0 Å². The highest BCUT2D eigenvalue weighted by molar-refractivity contribution is 5.47. The van der Waals surface area contributed by atoms with Gasteiger partial charge in [0.2, 0.25) is 6.79 Å². The zero-order chi connectivity index (χ0) is 21.6. The fraction of sp³-hybridized carbons (Fsp3) is 0.682.